The van der Waals surface area contributed by atoms with Gasteiger partial charge in [-0.15, -0.1) is 0 Å². The summed E-state index contributed by atoms with van der Waals surface area (Å²) in [4.78, 5) is 12.8. The van der Waals surface area contributed by atoms with Gasteiger partial charge in [0.1, 0.15) is 0 Å². The van der Waals surface area contributed by atoms with Crippen molar-refractivity contribution in [3.63, 3.8) is 0 Å². The molecule has 7 nitrogen and oxygen atoms in total. The Labute approximate surface area is 190 Å². The van der Waals surface area contributed by atoms with E-state index >= 15 is 0 Å². The van der Waals surface area contributed by atoms with Gasteiger partial charge in [-0.05, 0) is 42.0 Å². The van der Waals surface area contributed by atoms with Crippen molar-refractivity contribution in [2.75, 3.05) is 18.5 Å². The molecule has 3 aromatic rings. The lowest BCUT2D eigenvalue weighted by molar-refractivity contribution is -0.136. The fraction of sp³-hybridized carbons (Fsp3) is 0.250. The maximum Gasteiger partial charge on any atom is 0.307 e. The summed E-state index contributed by atoms with van der Waals surface area (Å²) < 4.78 is 13.3. The van der Waals surface area contributed by atoms with Gasteiger partial charge in [-0.3, -0.25) is 9.48 Å². The summed E-state index contributed by atoms with van der Waals surface area (Å²) in [6.45, 7) is 1.25. The van der Waals surface area contributed by atoms with Crippen LogP contribution in [0.15, 0.2) is 59.1 Å². The number of aryl methyl sites for hydroxylation is 1. The SMILES string of the molecule is Cn1cc(/C=C(\CC(=O)O)C2Nc3ccccc3S2)c(-c2ccc3c(c2)OCCCO3)n1. The number of aromatic nitrogens is 2. The summed E-state index contributed by atoms with van der Waals surface area (Å²) in [6, 6.07) is 13.8. The van der Waals surface area contributed by atoms with Gasteiger partial charge >= 0.3 is 5.97 Å². The number of benzene rings is 2. The third-order valence-electron chi connectivity index (χ3n) is 5.33. The molecular weight excluding hydrogens is 426 g/mol. The number of anilines is 1. The van der Waals surface area contributed by atoms with Crippen molar-refractivity contribution in [2.24, 2.45) is 7.05 Å². The van der Waals surface area contributed by atoms with Gasteiger partial charge in [-0.1, -0.05) is 23.9 Å². The van der Waals surface area contributed by atoms with E-state index in [1.54, 1.807) is 16.4 Å². The van der Waals surface area contributed by atoms with Crippen molar-refractivity contribution in [3.8, 4) is 22.8 Å². The Morgan fingerprint density at radius 2 is 2.06 bits per heavy atom. The number of ether oxygens (including phenoxy) is 2. The predicted molar refractivity (Wildman–Crippen MR) is 124 cm³/mol. The molecule has 8 heteroatoms. The minimum Gasteiger partial charge on any atom is -0.490 e. The van der Waals surface area contributed by atoms with Crippen LogP contribution in [0, 0.1) is 0 Å². The molecule has 0 bridgehead atoms. The molecule has 32 heavy (non-hydrogen) atoms. The third-order valence-corrected chi connectivity index (χ3v) is 6.60. The van der Waals surface area contributed by atoms with Crippen LogP contribution in [0.2, 0.25) is 0 Å². The number of nitrogens with zero attached hydrogens (tertiary/aromatic N) is 2. The molecule has 0 saturated carbocycles. The van der Waals surface area contributed by atoms with Gasteiger partial charge in [-0.25, -0.2) is 0 Å². The van der Waals surface area contributed by atoms with Crippen molar-refractivity contribution >= 4 is 29.5 Å². The molecule has 1 aromatic heterocycles. The highest BCUT2D eigenvalue weighted by atomic mass is 32.2. The molecule has 0 saturated heterocycles. The largest absolute Gasteiger partial charge is 0.490 e. The first-order valence-electron chi connectivity index (χ1n) is 10.4. The van der Waals surface area contributed by atoms with Gasteiger partial charge in [0.05, 0.1) is 30.7 Å². The van der Waals surface area contributed by atoms with Crippen LogP contribution in [0.1, 0.15) is 18.4 Å². The molecule has 2 N–H and O–H groups in total. The summed E-state index contributed by atoms with van der Waals surface area (Å²) in [5, 5.41) is 17.5. The molecule has 1 unspecified atom stereocenters. The Kier molecular flexibility index (Phi) is 5.53. The lowest BCUT2D eigenvalue weighted by atomic mass is 10.0. The van der Waals surface area contributed by atoms with E-state index in [1.165, 1.54) is 0 Å². The average Bonchev–Trinajstić information content (AvgIpc) is 3.28. The van der Waals surface area contributed by atoms with Crippen molar-refractivity contribution in [2.45, 2.75) is 23.1 Å². The van der Waals surface area contributed by atoms with Crippen LogP contribution in [0.3, 0.4) is 0 Å². The number of nitrogens with one attached hydrogen (secondary N) is 1. The van der Waals surface area contributed by atoms with E-state index in [2.05, 4.69) is 10.4 Å². The Morgan fingerprint density at radius 1 is 1.25 bits per heavy atom. The summed E-state index contributed by atoms with van der Waals surface area (Å²) >= 11 is 1.63. The van der Waals surface area contributed by atoms with Gasteiger partial charge in [0, 0.05) is 41.4 Å². The zero-order valence-electron chi connectivity index (χ0n) is 17.6. The molecule has 2 aliphatic rings. The number of para-hydroxylation sites is 1. The van der Waals surface area contributed by atoms with E-state index in [-0.39, 0.29) is 11.8 Å². The van der Waals surface area contributed by atoms with E-state index < -0.39 is 5.97 Å². The van der Waals surface area contributed by atoms with E-state index in [0.717, 1.165) is 45.1 Å². The molecule has 5 rings (SSSR count). The first-order chi connectivity index (χ1) is 15.6. The van der Waals surface area contributed by atoms with E-state index in [1.807, 2.05) is 61.8 Å². The maximum atomic E-state index is 11.7. The number of thioether (sulfide) groups is 1. The zero-order chi connectivity index (χ0) is 22.1. The first-order valence-corrected chi connectivity index (χ1v) is 11.3. The average molecular weight is 450 g/mol. The number of aliphatic carboxylic acids is 1. The lowest BCUT2D eigenvalue weighted by Crippen LogP contribution is -2.16. The van der Waals surface area contributed by atoms with Crippen LogP contribution in [-0.4, -0.2) is 39.4 Å². The van der Waals surface area contributed by atoms with E-state index in [0.29, 0.717) is 19.0 Å². The smallest absolute Gasteiger partial charge is 0.307 e. The molecule has 0 fully saturated rings. The number of hydrogen-bond donors (Lipinski definition) is 2. The molecule has 0 aliphatic carbocycles. The highest BCUT2D eigenvalue weighted by Gasteiger charge is 2.26. The number of carbonyl (C=O) groups is 1. The fourth-order valence-electron chi connectivity index (χ4n) is 3.90. The monoisotopic (exact) mass is 449 g/mol. The lowest BCUT2D eigenvalue weighted by Gasteiger charge is -2.14. The van der Waals surface area contributed by atoms with Crippen molar-refractivity contribution in [1.29, 1.82) is 0 Å². The van der Waals surface area contributed by atoms with Crippen molar-refractivity contribution < 1.29 is 19.4 Å². The van der Waals surface area contributed by atoms with Gasteiger partial charge in [-0.2, -0.15) is 5.10 Å². The number of carboxylic acids is 1. The van der Waals surface area contributed by atoms with Gasteiger partial charge in [0.25, 0.3) is 0 Å². The summed E-state index contributed by atoms with van der Waals surface area (Å²) in [6.07, 6.45) is 4.63. The molecule has 0 radical (unpaired) electrons. The maximum absolute atomic E-state index is 11.7. The topological polar surface area (TPSA) is 85.6 Å². The Bertz CT molecular complexity index is 1180. The summed E-state index contributed by atoms with van der Waals surface area (Å²) in [5.41, 5.74) is 4.32. The zero-order valence-corrected chi connectivity index (χ0v) is 18.4. The molecule has 0 spiro atoms. The molecule has 3 heterocycles. The highest BCUT2D eigenvalue weighted by Crippen LogP contribution is 2.42. The second-order valence-electron chi connectivity index (χ2n) is 7.75. The Balaban J connectivity index is 1.51. The third kappa shape index (κ3) is 4.18. The number of carboxylic acid groups (broad SMARTS) is 1. The second kappa shape index (κ2) is 8.63. The van der Waals surface area contributed by atoms with Crippen molar-refractivity contribution in [3.05, 3.63) is 59.8 Å². The summed E-state index contributed by atoms with van der Waals surface area (Å²) in [7, 11) is 1.86. The van der Waals surface area contributed by atoms with E-state index in [4.69, 9.17) is 9.47 Å². The molecule has 2 aliphatic heterocycles. The van der Waals surface area contributed by atoms with Crippen LogP contribution in [0.4, 0.5) is 5.69 Å². The van der Waals surface area contributed by atoms with Gasteiger partial charge in [0.15, 0.2) is 11.5 Å². The number of hydrogen-bond acceptors (Lipinski definition) is 6. The molecule has 1 atom stereocenters. The van der Waals surface area contributed by atoms with Crippen LogP contribution >= 0.6 is 11.8 Å². The predicted octanol–water partition coefficient (Wildman–Crippen LogP) is 4.65. The second-order valence-corrected chi connectivity index (χ2v) is 8.89. The minimum atomic E-state index is -0.865. The quantitative estimate of drug-likeness (QED) is 0.586. The van der Waals surface area contributed by atoms with Crippen LogP contribution in [-0.2, 0) is 11.8 Å². The Morgan fingerprint density at radius 3 is 2.88 bits per heavy atom. The standard InChI is InChI=1S/C24H23N3O4S/c1-27-14-17(23(26-27)15-7-8-19-20(12-15)31-10-4-9-30-19)11-16(13-22(28)29)24-25-18-5-2-3-6-21(18)32-24/h2-3,5-8,11-12,14,24-25H,4,9-10,13H2,1H3,(H,28,29)/b16-11+. The fourth-order valence-corrected chi connectivity index (χ4v) is 5.05. The first kappa shape index (κ1) is 20.5. The van der Waals surface area contributed by atoms with E-state index in [9.17, 15) is 9.90 Å². The normalized spacial score (nSPS) is 17.4. The minimum absolute atomic E-state index is 0.0614. The molecule has 164 valence electrons. The van der Waals surface area contributed by atoms with Crippen LogP contribution in [0.5, 0.6) is 11.5 Å². The number of rotatable bonds is 5. The summed E-state index contributed by atoms with van der Waals surface area (Å²) in [5.74, 6) is 0.570. The van der Waals surface area contributed by atoms with Crippen LogP contribution in [0.25, 0.3) is 17.3 Å². The van der Waals surface area contributed by atoms with Gasteiger partial charge < -0.3 is 19.9 Å². The number of fused-ring (bicyclic) bond motifs is 2. The Hall–Kier alpha value is -3.39. The van der Waals surface area contributed by atoms with Crippen LogP contribution < -0.4 is 14.8 Å². The highest BCUT2D eigenvalue weighted by molar-refractivity contribution is 8.00. The molecule has 0 amide bonds. The molecule has 2 aromatic carbocycles. The van der Waals surface area contributed by atoms with Gasteiger partial charge in [0.2, 0.25) is 0 Å². The van der Waals surface area contributed by atoms with Crippen molar-refractivity contribution in [1.82, 2.24) is 9.78 Å². The molecular formula is C24H23N3O4S.